The van der Waals surface area contributed by atoms with Gasteiger partial charge in [-0.2, -0.15) is 0 Å². The Morgan fingerprint density at radius 2 is 1.89 bits per heavy atom. The van der Waals surface area contributed by atoms with Crippen LogP contribution in [0.5, 0.6) is 0 Å². The molecule has 106 valence electrons. The van der Waals surface area contributed by atoms with Crippen LogP contribution in [0.3, 0.4) is 0 Å². The highest BCUT2D eigenvalue weighted by Gasteiger charge is 2.20. The number of nitrogens with one attached hydrogen (secondary N) is 1. The van der Waals surface area contributed by atoms with E-state index in [-0.39, 0.29) is 0 Å². The first-order valence-corrected chi connectivity index (χ1v) is 7.66. The maximum Gasteiger partial charge on any atom is 0.0563 e. The maximum absolute atomic E-state index is 3.36. The Kier molecular flexibility index (Phi) is 3.97. The molecule has 2 aliphatic heterocycles. The quantitative estimate of drug-likeness (QED) is 0.834. The van der Waals surface area contributed by atoms with Crippen LogP contribution >= 0.6 is 0 Å². The lowest BCUT2D eigenvalue weighted by Gasteiger charge is -2.37. The summed E-state index contributed by atoms with van der Waals surface area (Å²) in [7, 11) is 2.20. The molecule has 0 aromatic carbocycles. The van der Waals surface area contributed by atoms with E-state index in [0.717, 1.165) is 25.6 Å². The third kappa shape index (κ3) is 3.24. The summed E-state index contributed by atoms with van der Waals surface area (Å²) in [5.41, 5.74) is 4.73. The van der Waals surface area contributed by atoms with Gasteiger partial charge in [-0.25, -0.2) is 0 Å². The molecule has 0 unspecified atom stereocenters. The minimum Gasteiger partial charge on any atom is -0.368 e. The van der Waals surface area contributed by atoms with Crippen molar-refractivity contribution < 1.29 is 0 Å². The summed E-state index contributed by atoms with van der Waals surface area (Å²) < 4.78 is 0. The predicted octanol–water partition coefficient (Wildman–Crippen LogP) is 1.60. The largest absolute Gasteiger partial charge is 0.368 e. The van der Waals surface area contributed by atoms with Gasteiger partial charge in [0.05, 0.1) is 5.70 Å². The second-order valence-electron chi connectivity index (χ2n) is 6.11. The van der Waals surface area contributed by atoms with Crippen molar-refractivity contribution in [3.05, 3.63) is 24.2 Å². The monoisotopic (exact) mass is 262 g/mol. The highest BCUT2D eigenvalue weighted by molar-refractivity contribution is 5.20. The number of nitrogens with zero attached hydrogens (tertiary/aromatic N) is 3. The summed E-state index contributed by atoms with van der Waals surface area (Å²) >= 11 is 0. The molecule has 0 aromatic rings. The highest BCUT2D eigenvalue weighted by Crippen LogP contribution is 2.26. The smallest absolute Gasteiger partial charge is 0.0563 e. The summed E-state index contributed by atoms with van der Waals surface area (Å²) in [4.78, 5) is 4.90. The molecule has 0 bridgehead atoms. The molecular formula is C15H26N4. The molecule has 1 N–H and O–H groups in total. The Labute approximate surface area is 116 Å². The van der Waals surface area contributed by atoms with Crippen LogP contribution < -0.4 is 5.43 Å². The first kappa shape index (κ1) is 12.9. The third-order valence-corrected chi connectivity index (χ3v) is 4.58. The zero-order valence-electron chi connectivity index (χ0n) is 12.0. The molecule has 0 spiro atoms. The highest BCUT2D eigenvalue weighted by atomic mass is 15.5. The van der Waals surface area contributed by atoms with Crippen LogP contribution in [0.2, 0.25) is 0 Å². The minimum absolute atomic E-state index is 0.879. The molecule has 0 radical (unpaired) electrons. The number of hydrogen-bond acceptors (Lipinski definition) is 4. The molecule has 2 fully saturated rings. The normalized spacial score (nSPS) is 25.6. The topological polar surface area (TPSA) is 21.8 Å². The number of hydrogen-bond donors (Lipinski definition) is 1. The molecule has 1 saturated carbocycles. The average Bonchev–Trinajstić information content (AvgIpc) is 2.93. The van der Waals surface area contributed by atoms with E-state index in [0.29, 0.717) is 0 Å². The van der Waals surface area contributed by atoms with Crippen LogP contribution in [-0.2, 0) is 0 Å². The van der Waals surface area contributed by atoms with Crippen molar-refractivity contribution in [3.63, 3.8) is 0 Å². The van der Waals surface area contributed by atoms with Gasteiger partial charge in [-0.1, -0.05) is 12.8 Å². The lowest BCUT2D eigenvalue weighted by Crippen LogP contribution is -2.45. The summed E-state index contributed by atoms with van der Waals surface area (Å²) in [5, 5.41) is 2.28. The molecule has 0 atom stereocenters. The van der Waals surface area contributed by atoms with Gasteiger partial charge in [0, 0.05) is 45.1 Å². The van der Waals surface area contributed by atoms with Crippen molar-refractivity contribution in [2.75, 3.05) is 39.8 Å². The maximum atomic E-state index is 3.36. The van der Waals surface area contributed by atoms with Gasteiger partial charge >= 0.3 is 0 Å². The van der Waals surface area contributed by atoms with Gasteiger partial charge in [0.1, 0.15) is 0 Å². The molecule has 1 aliphatic carbocycles. The van der Waals surface area contributed by atoms with E-state index < -0.39 is 0 Å². The number of allylic oxidation sites excluding steroid dienone is 1. The summed E-state index contributed by atoms with van der Waals surface area (Å²) in [6, 6.07) is 0. The number of likely N-dealkylation sites (N-methyl/N-ethyl adjacent to an activating group) is 1. The Bertz CT molecular complexity index is 349. The van der Waals surface area contributed by atoms with E-state index in [1.54, 1.807) is 0 Å². The van der Waals surface area contributed by atoms with Crippen LogP contribution in [0.1, 0.15) is 25.7 Å². The van der Waals surface area contributed by atoms with Crippen molar-refractivity contribution in [2.45, 2.75) is 25.7 Å². The van der Waals surface area contributed by atoms with Crippen molar-refractivity contribution in [3.8, 4) is 0 Å². The Hall–Kier alpha value is -1.16. The SMILES string of the molecule is CN1CCN(C2=CN(CC3CCCC3)NC=C2)CC1. The van der Waals surface area contributed by atoms with E-state index in [9.17, 15) is 0 Å². The van der Waals surface area contributed by atoms with Crippen LogP contribution in [0.15, 0.2) is 24.2 Å². The third-order valence-electron chi connectivity index (χ3n) is 4.58. The summed E-state index contributed by atoms with van der Waals surface area (Å²) in [5.74, 6) is 0.879. The van der Waals surface area contributed by atoms with Crippen molar-refractivity contribution in [2.24, 2.45) is 5.92 Å². The fraction of sp³-hybridized carbons (Fsp3) is 0.733. The Morgan fingerprint density at radius 1 is 1.16 bits per heavy atom. The van der Waals surface area contributed by atoms with Crippen LogP contribution in [0, 0.1) is 5.92 Å². The standard InChI is InChI=1S/C15H26N4/c1-17-8-10-18(11-9-17)15-6-7-16-19(13-15)12-14-4-2-3-5-14/h6-7,13-14,16H,2-5,8-12H2,1H3. The van der Waals surface area contributed by atoms with Crippen molar-refractivity contribution >= 4 is 0 Å². The molecule has 3 aliphatic rings. The van der Waals surface area contributed by atoms with Gasteiger partial charge in [-0.3, -0.25) is 5.01 Å². The van der Waals surface area contributed by atoms with Crippen molar-refractivity contribution in [1.29, 1.82) is 0 Å². The molecule has 4 heteroatoms. The van der Waals surface area contributed by atoms with E-state index in [1.807, 2.05) is 0 Å². The molecule has 19 heavy (non-hydrogen) atoms. The summed E-state index contributed by atoms with van der Waals surface area (Å²) in [6.07, 6.45) is 12.2. The second kappa shape index (κ2) is 5.87. The summed E-state index contributed by atoms with van der Waals surface area (Å²) in [6.45, 7) is 5.78. The van der Waals surface area contributed by atoms with Gasteiger partial charge in [-0.05, 0) is 31.9 Å². The number of hydrazine groups is 1. The van der Waals surface area contributed by atoms with E-state index in [4.69, 9.17) is 0 Å². The van der Waals surface area contributed by atoms with Gasteiger partial charge in [0.15, 0.2) is 0 Å². The lowest BCUT2D eigenvalue weighted by molar-refractivity contribution is 0.180. The first-order valence-electron chi connectivity index (χ1n) is 7.66. The van der Waals surface area contributed by atoms with Gasteiger partial charge in [-0.15, -0.1) is 0 Å². The van der Waals surface area contributed by atoms with E-state index >= 15 is 0 Å². The van der Waals surface area contributed by atoms with Gasteiger partial charge in [0.25, 0.3) is 0 Å². The van der Waals surface area contributed by atoms with Crippen LogP contribution in [-0.4, -0.2) is 54.6 Å². The Morgan fingerprint density at radius 3 is 2.63 bits per heavy atom. The zero-order valence-corrected chi connectivity index (χ0v) is 12.0. The fourth-order valence-electron chi connectivity index (χ4n) is 3.29. The molecule has 4 nitrogen and oxygen atoms in total. The molecular weight excluding hydrogens is 236 g/mol. The second-order valence-corrected chi connectivity index (χ2v) is 6.11. The predicted molar refractivity (Wildman–Crippen MR) is 78.1 cm³/mol. The van der Waals surface area contributed by atoms with Gasteiger partial charge in [0.2, 0.25) is 0 Å². The lowest BCUT2D eigenvalue weighted by atomic mass is 10.1. The molecule has 1 saturated heterocycles. The first-order chi connectivity index (χ1) is 9.31. The fourth-order valence-corrected chi connectivity index (χ4v) is 3.29. The molecule has 3 rings (SSSR count). The van der Waals surface area contributed by atoms with Crippen molar-refractivity contribution in [1.82, 2.24) is 20.2 Å². The van der Waals surface area contributed by atoms with E-state index in [2.05, 4.69) is 45.8 Å². The number of rotatable bonds is 3. The molecule has 0 aromatic heterocycles. The molecule has 2 heterocycles. The zero-order chi connectivity index (χ0) is 13.1. The average molecular weight is 262 g/mol. The molecule has 0 amide bonds. The number of piperazine rings is 1. The van der Waals surface area contributed by atoms with E-state index in [1.165, 1.54) is 44.5 Å². The van der Waals surface area contributed by atoms with Crippen LogP contribution in [0.25, 0.3) is 0 Å². The van der Waals surface area contributed by atoms with Gasteiger partial charge < -0.3 is 15.2 Å². The minimum atomic E-state index is 0.879. The van der Waals surface area contributed by atoms with Crippen LogP contribution in [0.4, 0.5) is 0 Å². The Balaban J connectivity index is 1.57.